The van der Waals surface area contributed by atoms with Gasteiger partial charge in [-0.25, -0.2) is 0 Å². The van der Waals surface area contributed by atoms with E-state index in [0.717, 1.165) is 0 Å². The Morgan fingerprint density at radius 1 is 1.58 bits per heavy atom. The minimum Gasteiger partial charge on any atom is -0.412 e. The molecule has 1 atom stereocenters. The van der Waals surface area contributed by atoms with E-state index in [1.54, 1.807) is 0 Å². The highest BCUT2D eigenvalue weighted by Gasteiger charge is 2.32. The van der Waals surface area contributed by atoms with Crippen LogP contribution in [-0.4, -0.2) is 21.4 Å². The maximum absolute atomic E-state index is 5.75. The molecule has 1 aliphatic rings. The third-order valence-corrected chi connectivity index (χ3v) is 2.23. The summed E-state index contributed by atoms with van der Waals surface area (Å²) in [5.41, 5.74) is 0. The highest BCUT2D eigenvalue weighted by Crippen LogP contribution is 2.31. The minimum absolute atomic E-state index is 0.0534. The predicted molar refractivity (Wildman–Crippen MR) is 51.5 cm³/mol. The lowest BCUT2D eigenvalue weighted by molar-refractivity contribution is -0.0979. The van der Waals surface area contributed by atoms with Gasteiger partial charge in [-0.3, -0.25) is 0 Å². The van der Waals surface area contributed by atoms with Crippen molar-refractivity contribution >= 4 is 46.4 Å². The Bertz CT molecular complexity index is 200. The maximum atomic E-state index is 5.75. The van der Waals surface area contributed by atoms with Crippen LogP contribution in [0.5, 0.6) is 0 Å². The van der Waals surface area contributed by atoms with E-state index < -0.39 is 3.79 Å². The molecule has 6 heteroatoms. The van der Waals surface area contributed by atoms with E-state index in [-0.39, 0.29) is 12.6 Å². The number of halogens is 4. The molecular formula is C6H7Cl4NO. The smallest absolute Gasteiger partial charge is 0.206 e. The fourth-order valence-corrected chi connectivity index (χ4v) is 1.30. The molecule has 0 radical (unpaired) electrons. The van der Waals surface area contributed by atoms with Crippen molar-refractivity contribution < 1.29 is 4.84 Å². The minimum atomic E-state index is -1.34. The molecule has 70 valence electrons. The molecule has 1 rings (SSSR count). The summed E-state index contributed by atoms with van der Waals surface area (Å²) in [6, 6.07) is -0.0534. The van der Waals surface area contributed by atoms with E-state index in [2.05, 4.69) is 0 Å². The first-order valence-corrected chi connectivity index (χ1v) is 4.77. The topological polar surface area (TPSA) is 12.5 Å². The quantitative estimate of drug-likeness (QED) is 0.664. The average Bonchev–Trinajstić information content (AvgIpc) is 2.16. The Balaban J connectivity index is 2.48. The van der Waals surface area contributed by atoms with Gasteiger partial charge in [-0.1, -0.05) is 46.4 Å². The monoisotopic (exact) mass is 249 g/mol. The van der Waals surface area contributed by atoms with Gasteiger partial charge in [0.2, 0.25) is 3.79 Å². The standard InChI is InChI=1S/C6H7Cl4NO/c1-4-5(7)2-12-11(4)3-6(8,9)10/h2,4H,3H2,1H3. The number of hydrogen-bond acceptors (Lipinski definition) is 2. The van der Waals surface area contributed by atoms with Crippen molar-refractivity contribution in [1.82, 2.24) is 5.06 Å². The van der Waals surface area contributed by atoms with Gasteiger partial charge in [0.05, 0.1) is 17.6 Å². The largest absolute Gasteiger partial charge is 0.412 e. The molecule has 1 aliphatic heterocycles. The summed E-state index contributed by atoms with van der Waals surface area (Å²) in [7, 11) is 0. The molecular weight excluding hydrogens is 244 g/mol. The van der Waals surface area contributed by atoms with E-state index >= 15 is 0 Å². The fourth-order valence-electron chi connectivity index (χ4n) is 0.796. The average molecular weight is 251 g/mol. The Labute approximate surface area is 90.9 Å². The first-order valence-electron chi connectivity index (χ1n) is 3.26. The summed E-state index contributed by atoms with van der Waals surface area (Å²) in [6.45, 7) is 2.05. The lowest BCUT2D eigenvalue weighted by Gasteiger charge is -2.23. The molecule has 0 amide bonds. The summed E-state index contributed by atoms with van der Waals surface area (Å²) in [4.78, 5) is 5.04. The van der Waals surface area contributed by atoms with Gasteiger partial charge in [0, 0.05) is 0 Å². The van der Waals surface area contributed by atoms with Gasteiger partial charge in [0.25, 0.3) is 0 Å². The first-order chi connectivity index (χ1) is 5.40. The highest BCUT2D eigenvalue weighted by atomic mass is 35.6. The van der Waals surface area contributed by atoms with Gasteiger partial charge in [-0.05, 0) is 6.92 Å². The zero-order valence-electron chi connectivity index (χ0n) is 6.23. The van der Waals surface area contributed by atoms with Crippen LogP contribution in [0.3, 0.4) is 0 Å². The van der Waals surface area contributed by atoms with Crippen molar-refractivity contribution in [1.29, 1.82) is 0 Å². The third kappa shape index (κ3) is 2.86. The number of hydroxylamine groups is 2. The summed E-state index contributed by atoms with van der Waals surface area (Å²) in [5, 5.41) is 2.11. The molecule has 1 heterocycles. The zero-order valence-corrected chi connectivity index (χ0v) is 9.25. The first kappa shape index (κ1) is 10.7. The molecule has 0 saturated carbocycles. The highest BCUT2D eigenvalue weighted by molar-refractivity contribution is 6.67. The van der Waals surface area contributed by atoms with Crippen LogP contribution in [-0.2, 0) is 4.84 Å². The summed E-state index contributed by atoms with van der Waals surface area (Å²) < 4.78 is -1.34. The number of rotatable bonds is 1. The number of alkyl halides is 3. The molecule has 12 heavy (non-hydrogen) atoms. The second-order valence-electron chi connectivity index (χ2n) is 2.47. The molecule has 0 N–H and O–H groups in total. The fraction of sp³-hybridized carbons (Fsp3) is 0.667. The van der Waals surface area contributed by atoms with Crippen LogP contribution < -0.4 is 0 Å². The molecule has 0 aromatic carbocycles. The molecule has 2 nitrogen and oxygen atoms in total. The SMILES string of the molecule is CC1C(Cl)=CON1CC(Cl)(Cl)Cl. The van der Waals surface area contributed by atoms with Crippen LogP contribution in [0, 0.1) is 0 Å². The Morgan fingerprint density at radius 3 is 2.50 bits per heavy atom. The molecule has 0 saturated heterocycles. The summed E-state index contributed by atoms with van der Waals surface area (Å²) in [6.07, 6.45) is 1.43. The van der Waals surface area contributed by atoms with Crippen molar-refractivity contribution in [3.63, 3.8) is 0 Å². The zero-order chi connectivity index (χ0) is 9.35. The van der Waals surface area contributed by atoms with Gasteiger partial charge >= 0.3 is 0 Å². The molecule has 0 spiro atoms. The normalized spacial score (nSPS) is 25.4. The van der Waals surface area contributed by atoms with Crippen molar-refractivity contribution in [3.05, 3.63) is 11.3 Å². The van der Waals surface area contributed by atoms with Crippen LogP contribution in [0.15, 0.2) is 11.3 Å². The third-order valence-electron chi connectivity index (χ3n) is 1.47. The van der Waals surface area contributed by atoms with Crippen molar-refractivity contribution in [2.45, 2.75) is 16.8 Å². The van der Waals surface area contributed by atoms with Crippen LogP contribution in [0.25, 0.3) is 0 Å². The molecule has 0 aromatic heterocycles. The van der Waals surface area contributed by atoms with Crippen LogP contribution in [0.1, 0.15) is 6.92 Å². The summed E-state index contributed by atoms with van der Waals surface area (Å²) in [5.74, 6) is 0. The molecule has 0 bridgehead atoms. The molecule has 0 aliphatic carbocycles. The Morgan fingerprint density at radius 2 is 2.17 bits per heavy atom. The van der Waals surface area contributed by atoms with E-state index in [0.29, 0.717) is 5.03 Å². The Kier molecular flexibility index (Phi) is 3.41. The van der Waals surface area contributed by atoms with Crippen molar-refractivity contribution in [2.75, 3.05) is 6.54 Å². The lowest BCUT2D eigenvalue weighted by atomic mass is 10.3. The molecule has 0 aromatic rings. The summed E-state index contributed by atoms with van der Waals surface area (Å²) >= 11 is 22.5. The molecule has 1 unspecified atom stereocenters. The van der Waals surface area contributed by atoms with Crippen LogP contribution in [0.2, 0.25) is 0 Å². The predicted octanol–water partition coefficient (Wildman–Crippen LogP) is 3.07. The van der Waals surface area contributed by atoms with E-state index in [1.807, 2.05) is 6.92 Å². The van der Waals surface area contributed by atoms with Gasteiger partial charge in [0.1, 0.15) is 6.26 Å². The van der Waals surface area contributed by atoms with E-state index in [1.165, 1.54) is 11.3 Å². The van der Waals surface area contributed by atoms with E-state index in [4.69, 9.17) is 51.2 Å². The lowest BCUT2D eigenvalue weighted by Crippen LogP contribution is -2.34. The second-order valence-corrected chi connectivity index (χ2v) is 5.43. The van der Waals surface area contributed by atoms with Gasteiger partial charge in [-0.15, -0.1) is 5.06 Å². The number of hydrogen-bond donors (Lipinski definition) is 0. The van der Waals surface area contributed by atoms with Gasteiger partial charge in [-0.2, -0.15) is 0 Å². The van der Waals surface area contributed by atoms with Gasteiger partial charge < -0.3 is 4.84 Å². The van der Waals surface area contributed by atoms with Crippen LogP contribution in [0.4, 0.5) is 0 Å². The van der Waals surface area contributed by atoms with Gasteiger partial charge in [0.15, 0.2) is 0 Å². The number of nitrogens with zero attached hydrogens (tertiary/aromatic N) is 1. The molecule has 0 fully saturated rings. The van der Waals surface area contributed by atoms with Crippen molar-refractivity contribution in [2.24, 2.45) is 0 Å². The van der Waals surface area contributed by atoms with Crippen LogP contribution >= 0.6 is 46.4 Å². The Hall–Kier alpha value is 0.660. The van der Waals surface area contributed by atoms with Crippen molar-refractivity contribution in [3.8, 4) is 0 Å². The second kappa shape index (κ2) is 3.81. The maximum Gasteiger partial charge on any atom is 0.206 e. The van der Waals surface area contributed by atoms with E-state index in [9.17, 15) is 0 Å².